The van der Waals surface area contributed by atoms with Crippen molar-refractivity contribution in [2.75, 3.05) is 5.32 Å². The van der Waals surface area contributed by atoms with Crippen LogP contribution in [0, 0.1) is 6.92 Å². The predicted molar refractivity (Wildman–Crippen MR) is 97.4 cm³/mol. The molecule has 0 fully saturated rings. The van der Waals surface area contributed by atoms with Crippen LogP contribution in [0.25, 0.3) is 0 Å². The molecule has 116 valence electrons. The third-order valence-corrected chi connectivity index (χ3v) is 4.08. The van der Waals surface area contributed by atoms with Crippen LogP contribution in [-0.4, -0.2) is 0 Å². The molecule has 0 saturated heterocycles. The Labute approximate surface area is 138 Å². The van der Waals surface area contributed by atoms with Crippen LogP contribution in [0.1, 0.15) is 28.8 Å². The zero-order valence-electron chi connectivity index (χ0n) is 13.3. The van der Waals surface area contributed by atoms with Crippen LogP contribution in [-0.2, 0) is 0 Å². The first-order valence-electron chi connectivity index (χ1n) is 7.93. The number of anilines is 1. The molecule has 0 aromatic heterocycles. The van der Waals surface area contributed by atoms with Gasteiger partial charge in [0.15, 0.2) is 0 Å². The maximum absolute atomic E-state index is 6.59. The summed E-state index contributed by atoms with van der Waals surface area (Å²) < 4.78 is 0. The molecule has 0 aliphatic heterocycles. The van der Waals surface area contributed by atoms with Gasteiger partial charge in [0.25, 0.3) is 0 Å². The van der Waals surface area contributed by atoms with Crippen molar-refractivity contribution in [3.05, 3.63) is 102 Å². The van der Waals surface area contributed by atoms with Crippen molar-refractivity contribution >= 4 is 5.69 Å². The predicted octanol–water partition coefficient (Wildman–Crippen LogP) is 4.85. The van der Waals surface area contributed by atoms with Crippen molar-refractivity contribution in [2.24, 2.45) is 5.73 Å². The van der Waals surface area contributed by atoms with Crippen LogP contribution >= 0.6 is 0 Å². The first kappa shape index (κ1) is 15.3. The second kappa shape index (κ2) is 7.12. The topological polar surface area (TPSA) is 38.0 Å². The van der Waals surface area contributed by atoms with E-state index in [-0.39, 0.29) is 12.1 Å². The number of nitrogens with two attached hydrogens (primary N) is 1. The highest BCUT2D eigenvalue weighted by Crippen LogP contribution is 2.30. The maximum Gasteiger partial charge on any atom is 0.0706 e. The summed E-state index contributed by atoms with van der Waals surface area (Å²) in [5.74, 6) is 0. The lowest BCUT2D eigenvalue weighted by Crippen LogP contribution is -2.26. The SMILES string of the molecule is Cc1ccc(NC(c2ccccc2)C(N)c2ccccc2)cc1. The molecule has 0 amide bonds. The fourth-order valence-electron chi connectivity index (χ4n) is 2.74. The number of aryl methyl sites for hydroxylation is 1. The van der Waals surface area contributed by atoms with E-state index in [2.05, 4.69) is 72.9 Å². The molecule has 0 aliphatic carbocycles. The van der Waals surface area contributed by atoms with E-state index in [1.807, 2.05) is 24.3 Å². The number of benzene rings is 3. The van der Waals surface area contributed by atoms with Crippen LogP contribution in [0.5, 0.6) is 0 Å². The van der Waals surface area contributed by atoms with Crippen molar-refractivity contribution < 1.29 is 0 Å². The summed E-state index contributed by atoms with van der Waals surface area (Å²) >= 11 is 0. The zero-order valence-corrected chi connectivity index (χ0v) is 13.3. The molecule has 3 N–H and O–H groups in total. The quantitative estimate of drug-likeness (QED) is 0.707. The van der Waals surface area contributed by atoms with Crippen LogP contribution in [0.15, 0.2) is 84.9 Å². The molecular weight excluding hydrogens is 280 g/mol. The molecular formula is C21H22N2. The summed E-state index contributed by atoms with van der Waals surface area (Å²) in [6.45, 7) is 2.09. The van der Waals surface area contributed by atoms with Gasteiger partial charge in [0, 0.05) is 5.69 Å². The van der Waals surface area contributed by atoms with Gasteiger partial charge in [0.05, 0.1) is 12.1 Å². The summed E-state index contributed by atoms with van der Waals surface area (Å²) in [6.07, 6.45) is 0. The molecule has 2 unspecified atom stereocenters. The van der Waals surface area contributed by atoms with E-state index in [4.69, 9.17) is 5.73 Å². The summed E-state index contributed by atoms with van der Waals surface area (Å²) in [4.78, 5) is 0. The van der Waals surface area contributed by atoms with E-state index in [0.717, 1.165) is 11.3 Å². The lowest BCUT2D eigenvalue weighted by molar-refractivity contribution is 0.610. The Kier molecular flexibility index (Phi) is 4.74. The third-order valence-electron chi connectivity index (χ3n) is 4.08. The molecule has 3 rings (SSSR count). The van der Waals surface area contributed by atoms with Gasteiger partial charge in [-0.3, -0.25) is 0 Å². The highest BCUT2D eigenvalue weighted by molar-refractivity contribution is 5.48. The Balaban J connectivity index is 1.92. The lowest BCUT2D eigenvalue weighted by Gasteiger charge is -2.27. The van der Waals surface area contributed by atoms with Crippen LogP contribution < -0.4 is 11.1 Å². The zero-order chi connectivity index (χ0) is 16.1. The first-order chi connectivity index (χ1) is 11.2. The highest BCUT2D eigenvalue weighted by Gasteiger charge is 2.21. The number of hydrogen-bond donors (Lipinski definition) is 2. The van der Waals surface area contributed by atoms with Crippen molar-refractivity contribution in [1.29, 1.82) is 0 Å². The van der Waals surface area contributed by atoms with Gasteiger partial charge in [-0.2, -0.15) is 0 Å². The van der Waals surface area contributed by atoms with Gasteiger partial charge in [-0.05, 0) is 30.2 Å². The normalized spacial score (nSPS) is 13.3. The number of hydrogen-bond acceptors (Lipinski definition) is 2. The van der Waals surface area contributed by atoms with E-state index in [0.29, 0.717) is 0 Å². The van der Waals surface area contributed by atoms with Crippen LogP contribution in [0.3, 0.4) is 0 Å². The highest BCUT2D eigenvalue weighted by atomic mass is 15.0. The molecule has 0 radical (unpaired) electrons. The summed E-state index contributed by atoms with van der Waals surface area (Å²) in [7, 11) is 0. The fraction of sp³-hybridized carbons (Fsp3) is 0.143. The maximum atomic E-state index is 6.59. The smallest absolute Gasteiger partial charge is 0.0706 e. The second-order valence-electron chi connectivity index (χ2n) is 5.84. The molecule has 0 saturated carbocycles. The lowest BCUT2D eigenvalue weighted by atomic mass is 9.94. The monoisotopic (exact) mass is 302 g/mol. The average molecular weight is 302 g/mol. The van der Waals surface area contributed by atoms with Gasteiger partial charge >= 0.3 is 0 Å². The molecule has 0 heterocycles. The molecule has 0 aliphatic rings. The van der Waals surface area contributed by atoms with Gasteiger partial charge in [0.2, 0.25) is 0 Å². The fourth-order valence-corrected chi connectivity index (χ4v) is 2.74. The molecule has 23 heavy (non-hydrogen) atoms. The van der Waals surface area contributed by atoms with Crippen molar-refractivity contribution in [1.82, 2.24) is 0 Å². The van der Waals surface area contributed by atoms with Crippen LogP contribution in [0.4, 0.5) is 5.69 Å². The molecule has 2 nitrogen and oxygen atoms in total. The van der Waals surface area contributed by atoms with Gasteiger partial charge < -0.3 is 11.1 Å². The summed E-state index contributed by atoms with van der Waals surface area (Å²) in [6, 6.07) is 28.9. The van der Waals surface area contributed by atoms with Crippen molar-refractivity contribution in [3.63, 3.8) is 0 Å². The van der Waals surface area contributed by atoms with Crippen molar-refractivity contribution in [2.45, 2.75) is 19.0 Å². The van der Waals surface area contributed by atoms with E-state index in [1.54, 1.807) is 0 Å². The molecule has 3 aromatic carbocycles. The minimum atomic E-state index is -0.125. The molecule has 2 heteroatoms. The van der Waals surface area contributed by atoms with E-state index >= 15 is 0 Å². The van der Waals surface area contributed by atoms with E-state index < -0.39 is 0 Å². The minimum absolute atomic E-state index is 0.0151. The van der Waals surface area contributed by atoms with E-state index in [1.165, 1.54) is 11.1 Å². The Bertz CT molecular complexity index is 721. The Morgan fingerprint density at radius 2 is 1.22 bits per heavy atom. The van der Waals surface area contributed by atoms with Gasteiger partial charge in [-0.15, -0.1) is 0 Å². The minimum Gasteiger partial charge on any atom is -0.376 e. The number of rotatable bonds is 5. The summed E-state index contributed by atoms with van der Waals surface area (Å²) in [5, 5.41) is 3.60. The largest absolute Gasteiger partial charge is 0.376 e. The molecule has 0 bridgehead atoms. The van der Waals surface area contributed by atoms with E-state index in [9.17, 15) is 0 Å². The van der Waals surface area contributed by atoms with Crippen LogP contribution in [0.2, 0.25) is 0 Å². The Morgan fingerprint density at radius 1 is 0.696 bits per heavy atom. The average Bonchev–Trinajstić information content (AvgIpc) is 2.62. The second-order valence-corrected chi connectivity index (χ2v) is 5.84. The summed E-state index contributed by atoms with van der Waals surface area (Å²) in [5.41, 5.74) is 11.2. The number of nitrogens with one attached hydrogen (secondary N) is 1. The van der Waals surface area contributed by atoms with Gasteiger partial charge in [-0.1, -0.05) is 78.4 Å². The van der Waals surface area contributed by atoms with Crippen molar-refractivity contribution in [3.8, 4) is 0 Å². The Morgan fingerprint density at radius 3 is 1.78 bits per heavy atom. The third kappa shape index (κ3) is 3.79. The molecule has 0 spiro atoms. The molecule has 3 aromatic rings. The van der Waals surface area contributed by atoms with Gasteiger partial charge in [0.1, 0.15) is 0 Å². The Hall–Kier alpha value is -2.58. The van der Waals surface area contributed by atoms with Gasteiger partial charge in [-0.25, -0.2) is 0 Å². The standard InChI is InChI=1S/C21H22N2/c1-16-12-14-19(15-13-16)23-21(18-10-6-3-7-11-18)20(22)17-8-4-2-5-9-17/h2-15,20-21,23H,22H2,1H3. The first-order valence-corrected chi connectivity index (χ1v) is 7.93. The molecule has 2 atom stereocenters.